The van der Waals surface area contributed by atoms with Crippen molar-refractivity contribution >= 4 is 26.0 Å². The van der Waals surface area contributed by atoms with E-state index >= 15 is 0 Å². The first-order chi connectivity index (χ1) is 8.94. The number of hydrogen-bond donors (Lipinski definition) is 2. The molecule has 1 aromatic rings. The molecule has 0 aliphatic rings. The Kier molecular flexibility index (Phi) is 6.41. The quantitative estimate of drug-likeness (QED) is 0.782. The van der Waals surface area contributed by atoms with Crippen molar-refractivity contribution in [3.05, 3.63) is 28.2 Å². The zero-order valence-electron chi connectivity index (χ0n) is 10.9. The summed E-state index contributed by atoms with van der Waals surface area (Å²) >= 11 is 3.21. The third-order valence-electron chi connectivity index (χ3n) is 2.65. The first kappa shape index (κ1) is 16.6. The highest BCUT2D eigenvalue weighted by atomic mass is 79.9. The van der Waals surface area contributed by atoms with Crippen LogP contribution in [0.25, 0.3) is 0 Å². The van der Waals surface area contributed by atoms with Crippen LogP contribution in [0.2, 0.25) is 0 Å². The largest absolute Gasteiger partial charge is 0.392 e. The second-order valence-corrected chi connectivity index (χ2v) is 6.64. The van der Waals surface area contributed by atoms with E-state index in [-0.39, 0.29) is 17.5 Å². The Morgan fingerprint density at radius 1 is 1.47 bits per heavy atom. The van der Waals surface area contributed by atoms with Gasteiger partial charge in [0.05, 0.1) is 18.1 Å². The molecule has 0 spiro atoms. The Hall–Kier alpha value is -0.470. The van der Waals surface area contributed by atoms with Crippen LogP contribution < -0.4 is 4.72 Å². The maximum atomic E-state index is 12.2. The predicted octanol–water partition coefficient (Wildman–Crippen LogP) is 1.64. The lowest BCUT2D eigenvalue weighted by Crippen LogP contribution is -2.37. The summed E-state index contributed by atoms with van der Waals surface area (Å²) in [6, 6.07) is 4.37. The van der Waals surface area contributed by atoms with Gasteiger partial charge in [-0.1, -0.05) is 13.0 Å². The van der Waals surface area contributed by atoms with Gasteiger partial charge in [-0.15, -0.1) is 0 Å². The van der Waals surface area contributed by atoms with E-state index in [9.17, 15) is 8.42 Å². The molecule has 5 nitrogen and oxygen atoms in total. The summed E-state index contributed by atoms with van der Waals surface area (Å²) in [6.45, 7) is 2.08. The fraction of sp³-hybridized carbons (Fsp3) is 0.500. The average molecular weight is 352 g/mol. The SMILES string of the molecule is CCC(COC)NS(=O)(=O)c1ccc(CO)cc1Br. The van der Waals surface area contributed by atoms with Gasteiger partial charge in [-0.3, -0.25) is 0 Å². The normalized spacial score (nSPS) is 13.5. The minimum atomic E-state index is -3.61. The van der Waals surface area contributed by atoms with Crippen molar-refractivity contribution in [1.82, 2.24) is 4.72 Å². The van der Waals surface area contributed by atoms with Gasteiger partial charge < -0.3 is 9.84 Å². The van der Waals surface area contributed by atoms with Crippen LogP contribution >= 0.6 is 15.9 Å². The van der Waals surface area contributed by atoms with Crippen LogP contribution in [-0.4, -0.2) is 33.3 Å². The Bertz CT molecular complexity index is 518. The topological polar surface area (TPSA) is 75.6 Å². The summed E-state index contributed by atoms with van der Waals surface area (Å²) < 4.78 is 32.5. The van der Waals surface area contributed by atoms with E-state index in [1.165, 1.54) is 13.2 Å². The molecule has 0 saturated heterocycles. The van der Waals surface area contributed by atoms with E-state index in [4.69, 9.17) is 9.84 Å². The molecule has 0 bridgehead atoms. The third-order valence-corrected chi connectivity index (χ3v) is 5.15. The van der Waals surface area contributed by atoms with E-state index in [2.05, 4.69) is 20.7 Å². The van der Waals surface area contributed by atoms with E-state index in [1.54, 1.807) is 12.1 Å². The molecule has 1 rings (SSSR count). The lowest BCUT2D eigenvalue weighted by Gasteiger charge is -2.17. The first-order valence-electron chi connectivity index (χ1n) is 5.85. The van der Waals surface area contributed by atoms with Crippen molar-refractivity contribution in [1.29, 1.82) is 0 Å². The third kappa shape index (κ3) is 4.54. The molecule has 7 heteroatoms. The minimum absolute atomic E-state index is 0.131. The Balaban J connectivity index is 3.00. The molecule has 1 atom stereocenters. The summed E-state index contributed by atoms with van der Waals surface area (Å²) in [7, 11) is -2.08. The van der Waals surface area contributed by atoms with Gasteiger partial charge in [-0.05, 0) is 40.0 Å². The van der Waals surface area contributed by atoms with E-state index in [0.29, 0.717) is 23.1 Å². The molecule has 0 saturated carbocycles. The highest BCUT2D eigenvalue weighted by Gasteiger charge is 2.21. The first-order valence-corrected chi connectivity index (χ1v) is 8.12. The molecule has 19 heavy (non-hydrogen) atoms. The van der Waals surface area contributed by atoms with Crippen molar-refractivity contribution in [2.24, 2.45) is 0 Å². The molecule has 108 valence electrons. The second-order valence-electron chi connectivity index (χ2n) is 4.10. The van der Waals surface area contributed by atoms with E-state index in [1.807, 2.05) is 6.92 Å². The number of aliphatic hydroxyl groups excluding tert-OH is 1. The van der Waals surface area contributed by atoms with Crippen LogP contribution in [0.4, 0.5) is 0 Å². The molecule has 0 radical (unpaired) electrons. The predicted molar refractivity (Wildman–Crippen MR) is 76.3 cm³/mol. The Morgan fingerprint density at radius 3 is 2.63 bits per heavy atom. The zero-order chi connectivity index (χ0) is 14.5. The maximum Gasteiger partial charge on any atom is 0.242 e. The van der Waals surface area contributed by atoms with Crippen molar-refractivity contribution in [2.75, 3.05) is 13.7 Å². The molecule has 0 aromatic heterocycles. The highest BCUT2D eigenvalue weighted by molar-refractivity contribution is 9.10. The highest BCUT2D eigenvalue weighted by Crippen LogP contribution is 2.23. The standard InChI is InChI=1S/C12H18BrNO4S/c1-3-10(8-18-2)14-19(16,17)12-5-4-9(7-15)6-11(12)13/h4-6,10,14-15H,3,7-8H2,1-2H3. The number of aliphatic hydroxyl groups is 1. The van der Waals surface area contributed by atoms with Crippen molar-refractivity contribution in [3.8, 4) is 0 Å². The number of nitrogens with one attached hydrogen (secondary N) is 1. The van der Waals surface area contributed by atoms with E-state index in [0.717, 1.165) is 0 Å². The Labute approximate surface area is 122 Å². The number of hydrogen-bond acceptors (Lipinski definition) is 4. The lowest BCUT2D eigenvalue weighted by atomic mass is 10.2. The van der Waals surface area contributed by atoms with Crippen LogP contribution in [0.3, 0.4) is 0 Å². The van der Waals surface area contributed by atoms with Crippen LogP contribution in [0.1, 0.15) is 18.9 Å². The number of methoxy groups -OCH3 is 1. The zero-order valence-corrected chi connectivity index (χ0v) is 13.3. The molecule has 0 amide bonds. The maximum absolute atomic E-state index is 12.2. The fourth-order valence-electron chi connectivity index (χ4n) is 1.58. The molecule has 0 aliphatic carbocycles. The van der Waals surface area contributed by atoms with Crippen LogP contribution in [-0.2, 0) is 21.4 Å². The lowest BCUT2D eigenvalue weighted by molar-refractivity contribution is 0.173. The summed E-state index contributed by atoms with van der Waals surface area (Å²) in [6.07, 6.45) is 0.638. The smallest absolute Gasteiger partial charge is 0.242 e. The van der Waals surface area contributed by atoms with Gasteiger partial charge in [-0.2, -0.15) is 0 Å². The molecular formula is C12H18BrNO4S. The molecule has 2 N–H and O–H groups in total. The van der Waals surface area contributed by atoms with Crippen LogP contribution in [0, 0.1) is 0 Å². The van der Waals surface area contributed by atoms with Gasteiger partial charge in [0.2, 0.25) is 10.0 Å². The minimum Gasteiger partial charge on any atom is -0.392 e. The second kappa shape index (κ2) is 7.35. The molecule has 0 fully saturated rings. The van der Waals surface area contributed by atoms with E-state index < -0.39 is 10.0 Å². The summed E-state index contributed by atoms with van der Waals surface area (Å²) in [5.74, 6) is 0. The summed E-state index contributed by atoms with van der Waals surface area (Å²) in [4.78, 5) is 0.152. The Morgan fingerprint density at radius 2 is 2.16 bits per heavy atom. The van der Waals surface area contributed by atoms with Crippen molar-refractivity contribution in [2.45, 2.75) is 30.9 Å². The molecule has 0 aliphatic heterocycles. The van der Waals surface area contributed by atoms with Gasteiger partial charge in [0, 0.05) is 17.6 Å². The average Bonchev–Trinajstić information content (AvgIpc) is 2.37. The number of ether oxygens (including phenoxy) is 1. The molecule has 0 heterocycles. The summed E-state index contributed by atoms with van der Waals surface area (Å²) in [5.41, 5.74) is 0.648. The van der Waals surface area contributed by atoms with Crippen LogP contribution in [0.5, 0.6) is 0 Å². The number of sulfonamides is 1. The number of halogens is 1. The number of benzene rings is 1. The number of rotatable bonds is 7. The van der Waals surface area contributed by atoms with Crippen LogP contribution in [0.15, 0.2) is 27.6 Å². The van der Waals surface area contributed by atoms with Crippen molar-refractivity contribution in [3.63, 3.8) is 0 Å². The summed E-state index contributed by atoms with van der Waals surface area (Å²) in [5, 5.41) is 9.01. The molecule has 1 unspecified atom stereocenters. The van der Waals surface area contributed by atoms with Gasteiger partial charge in [0.15, 0.2) is 0 Å². The monoisotopic (exact) mass is 351 g/mol. The van der Waals surface area contributed by atoms with Gasteiger partial charge >= 0.3 is 0 Å². The van der Waals surface area contributed by atoms with Gasteiger partial charge in [0.1, 0.15) is 0 Å². The molecule has 1 aromatic carbocycles. The van der Waals surface area contributed by atoms with Gasteiger partial charge in [-0.25, -0.2) is 13.1 Å². The van der Waals surface area contributed by atoms with Crippen molar-refractivity contribution < 1.29 is 18.3 Å². The van der Waals surface area contributed by atoms with Gasteiger partial charge in [0.25, 0.3) is 0 Å². The fourth-order valence-corrected chi connectivity index (χ4v) is 4.01. The molecular weight excluding hydrogens is 334 g/mol.